The molecule has 0 aliphatic heterocycles. The number of carbonyl (C=O) groups is 2. The van der Waals surface area contributed by atoms with E-state index in [0.717, 1.165) is 10.9 Å². The van der Waals surface area contributed by atoms with E-state index in [-0.39, 0.29) is 24.2 Å². The van der Waals surface area contributed by atoms with Crippen molar-refractivity contribution >= 4 is 28.3 Å². The van der Waals surface area contributed by atoms with Crippen molar-refractivity contribution in [3.8, 4) is 0 Å². The molecule has 0 radical (unpaired) electrons. The van der Waals surface area contributed by atoms with Gasteiger partial charge in [0.15, 0.2) is 5.78 Å². The first-order valence-corrected chi connectivity index (χ1v) is 9.52. The fraction of sp³-hybridized carbons (Fsp3) is 0.182. The fourth-order valence-corrected chi connectivity index (χ4v) is 3.29. The van der Waals surface area contributed by atoms with Crippen LogP contribution in [0.15, 0.2) is 61.7 Å². The van der Waals surface area contributed by atoms with Crippen LogP contribution in [0.3, 0.4) is 0 Å². The van der Waals surface area contributed by atoms with Gasteiger partial charge in [-0.25, -0.2) is 0 Å². The van der Waals surface area contributed by atoms with Crippen molar-refractivity contribution in [3.05, 3.63) is 78.5 Å². The maximum absolute atomic E-state index is 13.2. The molecule has 4 aromatic rings. The minimum Gasteiger partial charge on any atom is -0.344 e. The molecule has 1 amide bonds. The molecule has 0 aromatic carbocycles. The molecule has 4 heterocycles. The summed E-state index contributed by atoms with van der Waals surface area (Å²) in [7, 11) is 0. The molecule has 0 aliphatic carbocycles. The highest BCUT2D eigenvalue weighted by atomic mass is 16.1. The summed E-state index contributed by atoms with van der Waals surface area (Å²) in [4.78, 5) is 41.8. The first-order valence-electron chi connectivity index (χ1n) is 9.52. The van der Waals surface area contributed by atoms with E-state index in [1.165, 1.54) is 24.8 Å². The van der Waals surface area contributed by atoms with Gasteiger partial charge >= 0.3 is 0 Å². The minimum absolute atomic E-state index is 0.0829. The van der Waals surface area contributed by atoms with Crippen LogP contribution in [0.25, 0.3) is 10.9 Å². The van der Waals surface area contributed by atoms with Gasteiger partial charge in [-0.2, -0.15) is 0 Å². The van der Waals surface area contributed by atoms with Gasteiger partial charge in [0.05, 0.1) is 29.5 Å². The zero-order valence-electron chi connectivity index (χ0n) is 16.6. The highest BCUT2D eigenvalue weighted by molar-refractivity contribution is 6.16. The van der Waals surface area contributed by atoms with Crippen molar-refractivity contribution in [2.24, 2.45) is 0 Å². The number of nitrogens with one attached hydrogen (secondary N) is 1. The third-order valence-electron chi connectivity index (χ3n) is 4.68. The second-order valence-corrected chi connectivity index (χ2v) is 7.15. The lowest BCUT2D eigenvalue weighted by atomic mass is 10.0. The van der Waals surface area contributed by atoms with Gasteiger partial charge in [-0.05, 0) is 26.0 Å². The summed E-state index contributed by atoms with van der Waals surface area (Å²) in [6.07, 6.45) is 13.0. The number of pyridine rings is 2. The van der Waals surface area contributed by atoms with Crippen LogP contribution in [0.5, 0.6) is 0 Å². The van der Waals surface area contributed by atoms with Gasteiger partial charge < -0.3 is 9.88 Å². The van der Waals surface area contributed by atoms with Crippen molar-refractivity contribution in [2.45, 2.75) is 26.3 Å². The molecule has 4 aromatic heterocycles. The van der Waals surface area contributed by atoms with Crippen molar-refractivity contribution in [1.82, 2.24) is 24.5 Å². The number of fused-ring (bicyclic) bond motifs is 1. The Bertz CT molecular complexity index is 1220. The molecule has 0 fully saturated rings. The molecule has 8 heteroatoms. The second kappa shape index (κ2) is 8.20. The van der Waals surface area contributed by atoms with Crippen molar-refractivity contribution in [2.75, 3.05) is 5.32 Å². The number of hydrogen-bond acceptors (Lipinski definition) is 6. The predicted octanol–water partition coefficient (Wildman–Crippen LogP) is 3.21. The molecule has 0 unspecified atom stereocenters. The first-order chi connectivity index (χ1) is 14.5. The van der Waals surface area contributed by atoms with Crippen molar-refractivity contribution in [3.63, 3.8) is 0 Å². The third-order valence-corrected chi connectivity index (χ3v) is 4.68. The molecular formula is C22H20N6O2. The topological polar surface area (TPSA) is 103 Å². The van der Waals surface area contributed by atoms with E-state index >= 15 is 0 Å². The summed E-state index contributed by atoms with van der Waals surface area (Å²) in [5, 5.41) is 3.54. The molecule has 0 aliphatic rings. The van der Waals surface area contributed by atoms with Gasteiger partial charge in [-0.1, -0.05) is 0 Å². The summed E-state index contributed by atoms with van der Waals surface area (Å²) < 4.78 is 2.05. The van der Waals surface area contributed by atoms with E-state index in [9.17, 15) is 9.59 Å². The zero-order chi connectivity index (χ0) is 21.1. The number of carbonyl (C=O) groups excluding carboxylic acids is 2. The Morgan fingerprint density at radius 3 is 2.63 bits per heavy atom. The molecule has 150 valence electrons. The Kier molecular flexibility index (Phi) is 5.30. The molecule has 4 rings (SSSR count). The monoisotopic (exact) mass is 400 g/mol. The Morgan fingerprint density at radius 2 is 1.87 bits per heavy atom. The molecule has 0 saturated carbocycles. The van der Waals surface area contributed by atoms with Gasteiger partial charge in [0.1, 0.15) is 0 Å². The van der Waals surface area contributed by atoms with Gasteiger partial charge in [-0.15, -0.1) is 0 Å². The average molecular weight is 400 g/mol. The number of aromatic nitrogens is 5. The smallest absolute Gasteiger partial charge is 0.230 e. The molecule has 0 saturated heterocycles. The Morgan fingerprint density at radius 1 is 1.03 bits per heavy atom. The van der Waals surface area contributed by atoms with Crippen LogP contribution < -0.4 is 5.32 Å². The molecule has 1 N–H and O–H groups in total. The van der Waals surface area contributed by atoms with Gasteiger partial charge in [0.25, 0.3) is 0 Å². The number of hydrogen-bond donors (Lipinski definition) is 1. The highest BCUT2D eigenvalue weighted by Gasteiger charge is 2.19. The number of amides is 1. The number of nitrogens with zero attached hydrogens (tertiary/aromatic N) is 5. The van der Waals surface area contributed by atoms with Crippen molar-refractivity contribution in [1.29, 1.82) is 0 Å². The number of rotatable bonds is 6. The molecule has 8 nitrogen and oxygen atoms in total. The fourth-order valence-electron chi connectivity index (χ4n) is 3.29. The Hall–Kier alpha value is -3.94. The predicted molar refractivity (Wildman–Crippen MR) is 112 cm³/mol. The second-order valence-electron chi connectivity index (χ2n) is 7.15. The van der Waals surface area contributed by atoms with E-state index in [1.54, 1.807) is 24.7 Å². The SMILES string of the molecule is CC(C)n1cc(C(=O)c2cncc(NC(=O)Cc3cnccn3)c2)c2cnccc21. The number of anilines is 1. The molecular weight excluding hydrogens is 380 g/mol. The minimum atomic E-state index is -0.262. The van der Waals surface area contributed by atoms with E-state index in [0.29, 0.717) is 22.5 Å². The lowest BCUT2D eigenvalue weighted by Gasteiger charge is -2.08. The molecule has 30 heavy (non-hydrogen) atoms. The van der Waals surface area contributed by atoms with Crippen LogP contribution in [0, 0.1) is 0 Å². The van der Waals surface area contributed by atoms with E-state index in [1.807, 2.05) is 16.8 Å². The molecule has 0 bridgehead atoms. The lowest BCUT2D eigenvalue weighted by molar-refractivity contribution is -0.115. The molecule has 0 atom stereocenters. The largest absolute Gasteiger partial charge is 0.344 e. The Balaban J connectivity index is 1.59. The van der Waals surface area contributed by atoms with Crippen LogP contribution in [0.1, 0.15) is 41.5 Å². The van der Waals surface area contributed by atoms with E-state index < -0.39 is 0 Å². The van der Waals surface area contributed by atoms with Crippen molar-refractivity contribution < 1.29 is 9.59 Å². The maximum atomic E-state index is 13.2. The molecule has 0 spiro atoms. The average Bonchev–Trinajstić information content (AvgIpc) is 3.14. The lowest BCUT2D eigenvalue weighted by Crippen LogP contribution is -2.16. The maximum Gasteiger partial charge on any atom is 0.230 e. The summed E-state index contributed by atoms with van der Waals surface area (Å²) in [5.74, 6) is -0.438. The summed E-state index contributed by atoms with van der Waals surface area (Å²) in [6, 6.07) is 3.72. The van der Waals surface area contributed by atoms with E-state index in [2.05, 4.69) is 39.1 Å². The summed E-state index contributed by atoms with van der Waals surface area (Å²) >= 11 is 0. The Labute approximate surface area is 173 Å². The third kappa shape index (κ3) is 3.93. The van der Waals surface area contributed by atoms with Gasteiger partial charge in [0.2, 0.25) is 5.91 Å². The highest BCUT2D eigenvalue weighted by Crippen LogP contribution is 2.26. The standard InChI is InChI=1S/C22H20N6O2/c1-14(2)28-13-19(18-12-23-4-3-20(18)28)22(30)15-7-17(11-25-9-15)27-21(29)8-16-10-24-5-6-26-16/h3-7,9-14H,8H2,1-2H3,(H,27,29). The number of ketones is 1. The quantitative estimate of drug-likeness (QED) is 0.499. The first kappa shape index (κ1) is 19.4. The van der Waals surface area contributed by atoms with Gasteiger partial charge in [0, 0.05) is 65.9 Å². The van der Waals surface area contributed by atoms with Crippen LogP contribution in [-0.2, 0) is 11.2 Å². The van der Waals surface area contributed by atoms with Gasteiger partial charge in [-0.3, -0.25) is 29.5 Å². The van der Waals surface area contributed by atoms with Crippen LogP contribution in [0.2, 0.25) is 0 Å². The van der Waals surface area contributed by atoms with Crippen LogP contribution >= 0.6 is 0 Å². The zero-order valence-corrected chi connectivity index (χ0v) is 16.6. The normalized spacial score (nSPS) is 11.0. The van der Waals surface area contributed by atoms with Crippen LogP contribution in [0.4, 0.5) is 5.69 Å². The summed E-state index contributed by atoms with van der Waals surface area (Å²) in [5.41, 5.74) is 2.89. The summed E-state index contributed by atoms with van der Waals surface area (Å²) in [6.45, 7) is 4.12. The van der Waals surface area contributed by atoms with Crippen LogP contribution in [-0.4, -0.2) is 36.2 Å². The van der Waals surface area contributed by atoms with E-state index in [4.69, 9.17) is 0 Å².